The maximum atomic E-state index is 12.8. The maximum absolute atomic E-state index is 12.8. The average Bonchev–Trinajstić information content (AvgIpc) is 3.00. The third-order valence-corrected chi connectivity index (χ3v) is 7.86. The summed E-state index contributed by atoms with van der Waals surface area (Å²) in [5, 5.41) is 3.98. The Bertz CT molecular complexity index is 893. The second kappa shape index (κ2) is 5.91. The van der Waals surface area contributed by atoms with Crippen LogP contribution in [0, 0.1) is 17.8 Å². The van der Waals surface area contributed by atoms with Crippen molar-refractivity contribution in [3.8, 4) is 0 Å². The molecule has 1 N–H and O–H groups in total. The zero-order chi connectivity index (χ0) is 17.9. The van der Waals surface area contributed by atoms with Crippen molar-refractivity contribution in [3.63, 3.8) is 0 Å². The molecule has 4 aliphatic carbocycles. The van der Waals surface area contributed by atoms with Gasteiger partial charge in [-0.05, 0) is 68.8 Å². The van der Waals surface area contributed by atoms with Gasteiger partial charge in [-0.3, -0.25) is 14.2 Å². The van der Waals surface area contributed by atoms with Gasteiger partial charge in [-0.2, -0.15) is 0 Å². The molecule has 0 radical (unpaired) electrons. The van der Waals surface area contributed by atoms with Gasteiger partial charge in [0, 0.05) is 10.4 Å². The number of carbonyl (C=O) groups is 1. The predicted molar refractivity (Wildman–Crippen MR) is 102 cm³/mol. The molecule has 6 heteroatoms. The molecule has 5 nitrogen and oxygen atoms in total. The Balaban J connectivity index is 1.35. The third kappa shape index (κ3) is 2.70. The fourth-order valence-electron chi connectivity index (χ4n) is 6.05. The van der Waals surface area contributed by atoms with Crippen LogP contribution >= 0.6 is 11.3 Å². The summed E-state index contributed by atoms with van der Waals surface area (Å²) >= 11 is 1.56. The van der Waals surface area contributed by atoms with E-state index in [1.165, 1.54) is 30.2 Å². The summed E-state index contributed by atoms with van der Waals surface area (Å²) in [7, 11) is 0. The van der Waals surface area contributed by atoms with Crippen molar-refractivity contribution in [2.24, 2.45) is 17.8 Å². The van der Waals surface area contributed by atoms with Crippen molar-refractivity contribution in [1.82, 2.24) is 14.9 Å². The smallest absolute Gasteiger partial charge is 0.262 e. The summed E-state index contributed by atoms with van der Waals surface area (Å²) < 4.78 is 1.46. The molecule has 4 bridgehead atoms. The summed E-state index contributed by atoms with van der Waals surface area (Å²) in [6, 6.07) is 1.92. The van der Waals surface area contributed by atoms with E-state index < -0.39 is 0 Å². The number of rotatable bonds is 4. The summed E-state index contributed by atoms with van der Waals surface area (Å²) in [5.74, 6) is 2.34. The van der Waals surface area contributed by atoms with E-state index in [-0.39, 0.29) is 23.6 Å². The number of hydrogen-bond acceptors (Lipinski definition) is 4. The number of hydrogen-bond donors (Lipinski definition) is 1. The summed E-state index contributed by atoms with van der Waals surface area (Å²) in [6.07, 6.45) is 9.87. The molecule has 0 unspecified atom stereocenters. The van der Waals surface area contributed by atoms with Crippen LogP contribution in [0.25, 0.3) is 10.2 Å². The van der Waals surface area contributed by atoms with Gasteiger partial charge in [0.15, 0.2) is 0 Å². The molecule has 4 saturated carbocycles. The second-order valence-corrected chi connectivity index (χ2v) is 9.82. The molecule has 0 aliphatic heterocycles. The molecule has 6 rings (SSSR count). The molecule has 0 aromatic carbocycles. The first-order valence-corrected chi connectivity index (χ1v) is 10.6. The van der Waals surface area contributed by atoms with Gasteiger partial charge in [0.25, 0.3) is 5.56 Å². The molecule has 4 fully saturated rings. The highest BCUT2D eigenvalue weighted by Gasteiger charge is 2.51. The van der Waals surface area contributed by atoms with Gasteiger partial charge >= 0.3 is 0 Å². The van der Waals surface area contributed by atoms with Crippen LogP contribution in [0.15, 0.2) is 17.2 Å². The molecule has 138 valence electrons. The zero-order valence-electron chi connectivity index (χ0n) is 15.2. The lowest BCUT2D eigenvalue weighted by molar-refractivity contribution is -0.127. The maximum Gasteiger partial charge on any atom is 0.262 e. The zero-order valence-corrected chi connectivity index (χ0v) is 16.0. The van der Waals surface area contributed by atoms with Crippen LogP contribution in [0.5, 0.6) is 0 Å². The first-order valence-electron chi connectivity index (χ1n) is 9.82. The van der Waals surface area contributed by atoms with E-state index in [0.29, 0.717) is 5.39 Å². The van der Waals surface area contributed by atoms with Gasteiger partial charge < -0.3 is 5.32 Å². The van der Waals surface area contributed by atoms with E-state index >= 15 is 0 Å². The molecule has 0 spiro atoms. The van der Waals surface area contributed by atoms with Crippen LogP contribution in [-0.4, -0.2) is 21.0 Å². The first kappa shape index (κ1) is 16.5. The van der Waals surface area contributed by atoms with Crippen LogP contribution in [0.4, 0.5) is 0 Å². The highest BCUT2D eigenvalue weighted by Crippen LogP contribution is 2.55. The Morgan fingerprint density at radius 3 is 2.54 bits per heavy atom. The summed E-state index contributed by atoms with van der Waals surface area (Å²) in [4.78, 5) is 31.8. The second-order valence-electron chi connectivity index (χ2n) is 8.71. The monoisotopic (exact) mass is 371 g/mol. The van der Waals surface area contributed by atoms with Gasteiger partial charge in [-0.25, -0.2) is 4.98 Å². The standard InChI is InChI=1S/C20H25N3O2S/c1-2-15-6-16-18(26-15)21-11-23(19(16)25)10-17(24)22-20-7-12-3-13(8-20)5-14(4-12)9-20/h6,11-14H,2-5,7-10H2,1H3,(H,22,24). The van der Waals surface area contributed by atoms with Crippen LogP contribution in [-0.2, 0) is 17.8 Å². The number of amides is 1. The highest BCUT2D eigenvalue weighted by atomic mass is 32.1. The van der Waals surface area contributed by atoms with Gasteiger partial charge in [-0.1, -0.05) is 6.92 Å². The normalized spacial score (nSPS) is 32.3. The highest BCUT2D eigenvalue weighted by molar-refractivity contribution is 7.18. The lowest BCUT2D eigenvalue weighted by Crippen LogP contribution is -2.60. The average molecular weight is 372 g/mol. The lowest BCUT2D eigenvalue weighted by atomic mass is 9.53. The number of nitrogens with one attached hydrogen (secondary N) is 1. The van der Waals surface area contributed by atoms with Crippen molar-refractivity contribution in [2.45, 2.75) is 64.0 Å². The van der Waals surface area contributed by atoms with E-state index in [2.05, 4.69) is 17.2 Å². The van der Waals surface area contributed by atoms with Crippen molar-refractivity contribution < 1.29 is 4.79 Å². The van der Waals surface area contributed by atoms with Gasteiger partial charge in [0.1, 0.15) is 11.4 Å². The minimum Gasteiger partial charge on any atom is -0.349 e. The molecule has 2 aromatic heterocycles. The molecule has 2 heterocycles. The number of nitrogens with zero attached hydrogens (tertiary/aromatic N) is 2. The lowest BCUT2D eigenvalue weighted by Gasteiger charge is -2.56. The largest absolute Gasteiger partial charge is 0.349 e. The van der Waals surface area contributed by atoms with E-state index in [0.717, 1.165) is 53.1 Å². The minimum absolute atomic E-state index is 0.00919. The van der Waals surface area contributed by atoms with Crippen LogP contribution in [0.2, 0.25) is 0 Å². The fourth-order valence-corrected chi connectivity index (χ4v) is 6.98. The minimum atomic E-state index is -0.105. The third-order valence-electron chi connectivity index (χ3n) is 6.67. The van der Waals surface area contributed by atoms with Crippen molar-refractivity contribution >= 4 is 27.5 Å². The number of aryl methyl sites for hydroxylation is 1. The first-order chi connectivity index (χ1) is 12.5. The van der Waals surface area contributed by atoms with E-state index in [1.54, 1.807) is 11.3 Å². The SMILES string of the molecule is CCc1cc2c(=O)n(CC(=O)NC34CC5CC(CC(C5)C3)C4)cnc2s1. The van der Waals surface area contributed by atoms with Crippen molar-refractivity contribution in [3.05, 3.63) is 27.6 Å². The van der Waals surface area contributed by atoms with Gasteiger partial charge in [0.05, 0.1) is 11.7 Å². The molecule has 4 aliphatic rings. The Kier molecular flexibility index (Phi) is 3.75. The fraction of sp³-hybridized carbons (Fsp3) is 0.650. The predicted octanol–water partition coefficient (Wildman–Crippen LogP) is 3.11. The van der Waals surface area contributed by atoms with Gasteiger partial charge in [-0.15, -0.1) is 11.3 Å². The van der Waals surface area contributed by atoms with Crippen LogP contribution in [0.1, 0.15) is 50.3 Å². The van der Waals surface area contributed by atoms with Crippen LogP contribution < -0.4 is 10.9 Å². The van der Waals surface area contributed by atoms with Gasteiger partial charge in [0.2, 0.25) is 5.91 Å². The van der Waals surface area contributed by atoms with E-state index in [9.17, 15) is 9.59 Å². The van der Waals surface area contributed by atoms with E-state index in [1.807, 2.05) is 6.07 Å². The molecule has 2 aromatic rings. The molecule has 26 heavy (non-hydrogen) atoms. The molecule has 0 saturated heterocycles. The Morgan fingerprint density at radius 1 is 1.27 bits per heavy atom. The topological polar surface area (TPSA) is 64.0 Å². The Morgan fingerprint density at radius 2 is 1.92 bits per heavy atom. The van der Waals surface area contributed by atoms with Crippen molar-refractivity contribution in [1.29, 1.82) is 0 Å². The molecule has 1 amide bonds. The van der Waals surface area contributed by atoms with Crippen LogP contribution in [0.3, 0.4) is 0 Å². The number of fused-ring (bicyclic) bond motifs is 1. The quantitative estimate of drug-likeness (QED) is 0.898. The Labute approximate surface area is 156 Å². The molecule has 0 atom stereocenters. The summed E-state index contributed by atoms with van der Waals surface area (Å²) in [5.41, 5.74) is -0.114. The number of carbonyl (C=O) groups excluding carboxylic acids is 1. The summed E-state index contributed by atoms with van der Waals surface area (Å²) in [6.45, 7) is 2.14. The van der Waals surface area contributed by atoms with Crippen molar-refractivity contribution in [2.75, 3.05) is 0 Å². The molecular weight excluding hydrogens is 346 g/mol. The number of aromatic nitrogens is 2. The van der Waals surface area contributed by atoms with E-state index in [4.69, 9.17) is 0 Å². The molecular formula is C20H25N3O2S. The number of thiophene rings is 1. The Hall–Kier alpha value is -1.69.